The van der Waals surface area contributed by atoms with Gasteiger partial charge in [0.05, 0.1) is 0 Å². The van der Waals surface area contributed by atoms with E-state index >= 15 is 0 Å². The average molecular weight is 259 g/mol. The molecule has 3 heteroatoms. The minimum atomic E-state index is -0.296. The summed E-state index contributed by atoms with van der Waals surface area (Å²) in [5.74, 6) is 0.120. The second-order valence-electron chi connectivity index (χ2n) is 5.03. The molecule has 1 unspecified atom stereocenters. The molecule has 1 aromatic carbocycles. The highest BCUT2D eigenvalue weighted by Gasteiger charge is 2.27. The summed E-state index contributed by atoms with van der Waals surface area (Å²) < 4.78 is 0. The molecule has 0 N–H and O–H groups in total. The molecule has 1 aromatic rings. The van der Waals surface area contributed by atoms with Crippen molar-refractivity contribution in [3.05, 3.63) is 34.9 Å². The van der Waals surface area contributed by atoms with Crippen molar-refractivity contribution in [2.24, 2.45) is 5.41 Å². The molecule has 0 heterocycles. The fourth-order valence-electron chi connectivity index (χ4n) is 1.78. The van der Waals surface area contributed by atoms with Crippen LogP contribution in [-0.2, 0) is 4.79 Å². The van der Waals surface area contributed by atoms with Gasteiger partial charge in [-0.05, 0) is 40.6 Å². The molecule has 0 aliphatic rings. The van der Waals surface area contributed by atoms with Crippen LogP contribution in [-0.4, -0.2) is 5.24 Å². The first-order valence-electron chi connectivity index (χ1n) is 5.24. The molecule has 0 aliphatic carbocycles. The monoisotopic (exact) mass is 258 g/mol. The molecule has 0 saturated carbocycles. The van der Waals surface area contributed by atoms with Crippen LogP contribution < -0.4 is 0 Å². The van der Waals surface area contributed by atoms with Crippen molar-refractivity contribution in [1.29, 1.82) is 0 Å². The van der Waals surface area contributed by atoms with Gasteiger partial charge in [0.2, 0.25) is 5.24 Å². The summed E-state index contributed by atoms with van der Waals surface area (Å²) in [6.07, 6.45) is 0.354. The van der Waals surface area contributed by atoms with E-state index in [4.69, 9.17) is 23.2 Å². The van der Waals surface area contributed by atoms with Gasteiger partial charge in [-0.25, -0.2) is 0 Å². The molecule has 0 bridgehead atoms. The molecule has 0 radical (unpaired) electrons. The van der Waals surface area contributed by atoms with Crippen molar-refractivity contribution in [3.8, 4) is 0 Å². The Morgan fingerprint density at radius 2 is 1.75 bits per heavy atom. The number of carbonyl (C=O) groups excluding carboxylic acids is 1. The van der Waals surface area contributed by atoms with Crippen molar-refractivity contribution >= 4 is 28.4 Å². The third kappa shape index (κ3) is 3.80. The molecule has 1 atom stereocenters. The first kappa shape index (κ1) is 13.5. The molecular formula is C13H16Cl2O. The van der Waals surface area contributed by atoms with Crippen LogP contribution in [0.5, 0.6) is 0 Å². The Morgan fingerprint density at radius 3 is 2.12 bits per heavy atom. The fourth-order valence-corrected chi connectivity index (χ4v) is 2.06. The maximum absolute atomic E-state index is 11.1. The van der Waals surface area contributed by atoms with E-state index in [1.54, 1.807) is 0 Å². The molecular weight excluding hydrogens is 243 g/mol. The van der Waals surface area contributed by atoms with Gasteiger partial charge in [0, 0.05) is 11.4 Å². The first-order chi connectivity index (χ1) is 7.30. The molecule has 1 nitrogen and oxygen atoms in total. The maximum Gasteiger partial charge on any atom is 0.222 e. The van der Waals surface area contributed by atoms with Crippen molar-refractivity contribution in [2.45, 2.75) is 33.1 Å². The standard InChI is InChI=1S/C13H16Cl2O/c1-13(2,3)11(8-12(15)16)9-4-6-10(14)7-5-9/h4-7,11H,8H2,1-3H3. The summed E-state index contributed by atoms with van der Waals surface area (Å²) in [5.41, 5.74) is 1.10. The van der Waals surface area contributed by atoms with Crippen LogP contribution in [0.15, 0.2) is 24.3 Å². The number of benzene rings is 1. The van der Waals surface area contributed by atoms with Crippen LogP contribution in [0.4, 0.5) is 0 Å². The van der Waals surface area contributed by atoms with E-state index in [-0.39, 0.29) is 16.6 Å². The topological polar surface area (TPSA) is 17.1 Å². The van der Waals surface area contributed by atoms with Gasteiger partial charge in [-0.3, -0.25) is 4.79 Å². The molecule has 0 spiro atoms. The van der Waals surface area contributed by atoms with Crippen LogP contribution in [0.2, 0.25) is 5.02 Å². The summed E-state index contributed by atoms with van der Waals surface area (Å²) in [5, 5.41) is 0.406. The second kappa shape index (κ2) is 5.20. The average Bonchev–Trinajstić information content (AvgIpc) is 2.14. The molecule has 0 fully saturated rings. The zero-order valence-corrected chi connectivity index (χ0v) is 11.3. The highest BCUT2D eigenvalue weighted by Crippen LogP contribution is 2.38. The lowest BCUT2D eigenvalue weighted by Gasteiger charge is -2.30. The van der Waals surface area contributed by atoms with Gasteiger partial charge in [-0.15, -0.1) is 0 Å². The Labute approximate surface area is 107 Å². The van der Waals surface area contributed by atoms with Crippen molar-refractivity contribution in [2.75, 3.05) is 0 Å². The number of carbonyl (C=O) groups is 1. The van der Waals surface area contributed by atoms with Crippen molar-refractivity contribution < 1.29 is 4.79 Å². The van der Waals surface area contributed by atoms with Gasteiger partial charge < -0.3 is 0 Å². The van der Waals surface area contributed by atoms with E-state index in [2.05, 4.69) is 20.8 Å². The predicted molar refractivity (Wildman–Crippen MR) is 69.1 cm³/mol. The number of halogens is 2. The molecule has 0 saturated heterocycles. The number of hydrogen-bond donors (Lipinski definition) is 0. The van der Waals surface area contributed by atoms with E-state index in [0.717, 1.165) is 5.56 Å². The summed E-state index contributed by atoms with van der Waals surface area (Å²) >= 11 is 11.3. The van der Waals surface area contributed by atoms with E-state index in [1.807, 2.05) is 24.3 Å². The molecule has 0 aliphatic heterocycles. The smallest absolute Gasteiger partial charge is 0.222 e. The summed E-state index contributed by atoms with van der Waals surface area (Å²) in [6, 6.07) is 7.60. The molecule has 88 valence electrons. The summed E-state index contributed by atoms with van der Waals surface area (Å²) in [6.45, 7) is 6.31. The zero-order valence-electron chi connectivity index (χ0n) is 9.76. The lowest BCUT2D eigenvalue weighted by Crippen LogP contribution is -2.20. The van der Waals surface area contributed by atoms with Gasteiger partial charge in [-0.2, -0.15) is 0 Å². The quantitative estimate of drug-likeness (QED) is 0.723. The zero-order chi connectivity index (χ0) is 12.3. The largest absolute Gasteiger partial charge is 0.281 e. The normalized spacial score (nSPS) is 13.6. The lowest BCUT2D eigenvalue weighted by atomic mass is 9.75. The van der Waals surface area contributed by atoms with E-state index in [0.29, 0.717) is 11.4 Å². The third-order valence-electron chi connectivity index (χ3n) is 2.68. The first-order valence-corrected chi connectivity index (χ1v) is 6.00. The Bertz CT molecular complexity index is 363. The predicted octanol–water partition coefficient (Wildman–Crippen LogP) is 4.63. The van der Waals surface area contributed by atoms with Crippen LogP contribution in [0, 0.1) is 5.41 Å². The molecule has 0 amide bonds. The summed E-state index contributed by atoms with van der Waals surface area (Å²) in [7, 11) is 0. The highest BCUT2D eigenvalue weighted by molar-refractivity contribution is 6.63. The van der Waals surface area contributed by atoms with Crippen LogP contribution >= 0.6 is 23.2 Å². The minimum Gasteiger partial charge on any atom is -0.281 e. The number of rotatable bonds is 3. The van der Waals surface area contributed by atoms with E-state index in [1.165, 1.54) is 0 Å². The third-order valence-corrected chi connectivity index (χ3v) is 3.09. The second-order valence-corrected chi connectivity index (χ2v) is 5.89. The Morgan fingerprint density at radius 1 is 1.25 bits per heavy atom. The Balaban J connectivity index is 3.01. The van der Waals surface area contributed by atoms with Gasteiger partial charge in [0.15, 0.2) is 0 Å². The van der Waals surface area contributed by atoms with Crippen LogP contribution in [0.25, 0.3) is 0 Å². The minimum absolute atomic E-state index is 0.00161. The molecule has 0 aromatic heterocycles. The van der Waals surface area contributed by atoms with E-state index in [9.17, 15) is 4.79 Å². The Hall–Kier alpha value is -0.530. The number of hydrogen-bond acceptors (Lipinski definition) is 1. The molecule has 1 rings (SSSR count). The van der Waals surface area contributed by atoms with E-state index < -0.39 is 0 Å². The maximum atomic E-state index is 11.1. The summed E-state index contributed by atoms with van der Waals surface area (Å²) in [4.78, 5) is 11.1. The van der Waals surface area contributed by atoms with Crippen LogP contribution in [0.1, 0.15) is 38.7 Å². The highest BCUT2D eigenvalue weighted by atomic mass is 35.5. The Kier molecular flexibility index (Phi) is 4.40. The lowest BCUT2D eigenvalue weighted by molar-refractivity contribution is -0.112. The van der Waals surface area contributed by atoms with Crippen molar-refractivity contribution in [3.63, 3.8) is 0 Å². The van der Waals surface area contributed by atoms with Gasteiger partial charge in [0.25, 0.3) is 0 Å². The fraction of sp³-hybridized carbons (Fsp3) is 0.462. The van der Waals surface area contributed by atoms with Crippen molar-refractivity contribution in [1.82, 2.24) is 0 Å². The SMILES string of the molecule is CC(C)(C)C(CC(=O)Cl)c1ccc(Cl)cc1. The molecule has 16 heavy (non-hydrogen) atoms. The van der Waals surface area contributed by atoms with Gasteiger partial charge in [0.1, 0.15) is 0 Å². The van der Waals surface area contributed by atoms with Gasteiger partial charge in [-0.1, -0.05) is 44.5 Å². The van der Waals surface area contributed by atoms with Gasteiger partial charge >= 0.3 is 0 Å². The van der Waals surface area contributed by atoms with Crippen LogP contribution in [0.3, 0.4) is 0 Å².